The number of nitriles is 1. The zero-order valence-electron chi connectivity index (χ0n) is 12.7. The Labute approximate surface area is 138 Å². The van der Waals surface area contributed by atoms with Crippen molar-refractivity contribution in [3.05, 3.63) is 28.3 Å². The third kappa shape index (κ3) is 3.23. The highest BCUT2D eigenvalue weighted by atomic mass is 35.5. The molecule has 0 radical (unpaired) electrons. The summed E-state index contributed by atoms with van der Waals surface area (Å²) >= 11 is 6.06. The first-order chi connectivity index (χ1) is 10.9. The van der Waals surface area contributed by atoms with Gasteiger partial charge in [-0.25, -0.2) is 9.59 Å². The molecule has 1 saturated heterocycles. The number of nitrogens with zero attached hydrogens (tertiary/aromatic N) is 2. The average molecular weight is 338 g/mol. The van der Waals surface area contributed by atoms with E-state index in [1.807, 2.05) is 6.07 Å². The van der Waals surface area contributed by atoms with Crippen LogP contribution in [0.2, 0.25) is 5.02 Å². The van der Waals surface area contributed by atoms with Gasteiger partial charge in [-0.3, -0.25) is 0 Å². The normalized spacial score (nSPS) is 20.0. The third-order valence-electron chi connectivity index (χ3n) is 3.82. The van der Waals surface area contributed by atoms with Crippen molar-refractivity contribution in [2.24, 2.45) is 0 Å². The maximum absolute atomic E-state index is 12.4. The zero-order valence-corrected chi connectivity index (χ0v) is 13.4. The van der Waals surface area contributed by atoms with E-state index in [-0.39, 0.29) is 11.6 Å². The number of halogens is 1. The Morgan fingerprint density at radius 2 is 2.22 bits per heavy atom. The quantitative estimate of drug-likeness (QED) is 0.799. The van der Waals surface area contributed by atoms with Gasteiger partial charge in [-0.05, 0) is 31.0 Å². The number of hydrogen-bond donors (Lipinski definition) is 2. The van der Waals surface area contributed by atoms with Crippen molar-refractivity contribution in [1.82, 2.24) is 4.90 Å². The molecular weight excluding hydrogens is 322 g/mol. The fourth-order valence-corrected chi connectivity index (χ4v) is 2.71. The van der Waals surface area contributed by atoms with Gasteiger partial charge in [0, 0.05) is 12.2 Å². The topological polar surface area (TPSA) is 103 Å². The van der Waals surface area contributed by atoms with Crippen LogP contribution in [0.25, 0.3) is 0 Å². The molecule has 1 aromatic rings. The molecule has 1 aliphatic heterocycles. The highest BCUT2D eigenvalue weighted by Gasteiger charge is 2.42. The first kappa shape index (κ1) is 17.1. The van der Waals surface area contributed by atoms with E-state index in [1.165, 1.54) is 18.1 Å². The summed E-state index contributed by atoms with van der Waals surface area (Å²) in [7, 11) is 1.20. The van der Waals surface area contributed by atoms with Crippen molar-refractivity contribution < 1.29 is 19.4 Å². The molecule has 1 aliphatic rings. The lowest BCUT2D eigenvalue weighted by Gasteiger charge is -2.24. The Kier molecular flexibility index (Phi) is 5.08. The van der Waals surface area contributed by atoms with Crippen molar-refractivity contribution in [1.29, 1.82) is 5.26 Å². The Hall–Kier alpha value is -2.30. The largest absolute Gasteiger partial charge is 0.467 e. The second-order valence-corrected chi connectivity index (χ2v) is 5.54. The van der Waals surface area contributed by atoms with Crippen LogP contribution in [0.1, 0.15) is 17.5 Å². The van der Waals surface area contributed by atoms with Crippen LogP contribution in [-0.4, -0.2) is 47.8 Å². The van der Waals surface area contributed by atoms with Crippen LogP contribution in [0.5, 0.6) is 0 Å². The van der Waals surface area contributed by atoms with Gasteiger partial charge in [0.1, 0.15) is 6.07 Å². The van der Waals surface area contributed by atoms with Crippen molar-refractivity contribution in [2.75, 3.05) is 19.0 Å². The van der Waals surface area contributed by atoms with E-state index < -0.39 is 24.1 Å². The minimum absolute atomic E-state index is 0.232. The zero-order chi connectivity index (χ0) is 17.1. The Balaban J connectivity index is 2.21. The molecule has 2 atom stereocenters. The van der Waals surface area contributed by atoms with Gasteiger partial charge < -0.3 is 20.1 Å². The number of ether oxygens (including phenoxy) is 1. The van der Waals surface area contributed by atoms with Crippen molar-refractivity contribution >= 4 is 29.3 Å². The lowest BCUT2D eigenvalue weighted by atomic mass is 10.1. The van der Waals surface area contributed by atoms with Crippen LogP contribution < -0.4 is 5.32 Å². The number of rotatable bonds is 2. The molecule has 1 heterocycles. The van der Waals surface area contributed by atoms with Crippen LogP contribution in [0.3, 0.4) is 0 Å². The van der Waals surface area contributed by atoms with Gasteiger partial charge in [0.25, 0.3) is 0 Å². The molecule has 2 N–H and O–H groups in total. The lowest BCUT2D eigenvalue weighted by Crippen LogP contribution is -2.47. The molecule has 2 amide bonds. The van der Waals surface area contributed by atoms with E-state index in [4.69, 9.17) is 16.9 Å². The summed E-state index contributed by atoms with van der Waals surface area (Å²) in [6, 6.07) is 3.45. The van der Waals surface area contributed by atoms with Gasteiger partial charge in [-0.2, -0.15) is 5.26 Å². The second-order valence-electron chi connectivity index (χ2n) is 5.16. The number of aliphatic hydroxyl groups is 1. The summed E-state index contributed by atoms with van der Waals surface area (Å²) in [5.74, 6) is -0.667. The third-order valence-corrected chi connectivity index (χ3v) is 4.31. The van der Waals surface area contributed by atoms with Crippen molar-refractivity contribution in [3.8, 4) is 6.07 Å². The summed E-state index contributed by atoms with van der Waals surface area (Å²) in [4.78, 5) is 25.4. The molecule has 7 nitrogen and oxygen atoms in total. The van der Waals surface area contributed by atoms with Crippen molar-refractivity contribution in [2.45, 2.75) is 25.5 Å². The van der Waals surface area contributed by atoms with E-state index in [0.29, 0.717) is 23.2 Å². The number of carbonyl (C=O) groups excluding carboxylic acids is 2. The summed E-state index contributed by atoms with van der Waals surface area (Å²) < 4.78 is 4.63. The highest BCUT2D eigenvalue weighted by Crippen LogP contribution is 2.28. The van der Waals surface area contributed by atoms with Gasteiger partial charge >= 0.3 is 12.0 Å². The maximum Gasteiger partial charge on any atom is 0.331 e. The standard InChI is InChI=1S/C15H16ClN3O4/c1-8-10(4-3-9(7-17)12(8)16)18-15(22)19-6-5-11(20)13(19)14(21)23-2/h3-4,11,13,20H,5-6H2,1-2H3,(H,18,22)/t11-,13-/m0/s1. The van der Waals surface area contributed by atoms with E-state index in [1.54, 1.807) is 13.0 Å². The second kappa shape index (κ2) is 6.86. The predicted molar refractivity (Wildman–Crippen MR) is 83.1 cm³/mol. The number of aliphatic hydroxyl groups excluding tert-OH is 1. The number of amides is 2. The molecule has 0 bridgehead atoms. The van der Waals surface area contributed by atoms with Crippen LogP contribution in [-0.2, 0) is 9.53 Å². The number of carbonyl (C=O) groups is 2. The number of anilines is 1. The molecule has 122 valence electrons. The number of urea groups is 1. The smallest absolute Gasteiger partial charge is 0.331 e. The highest BCUT2D eigenvalue weighted by molar-refractivity contribution is 6.33. The van der Waals surface area contributed by atoms with Gasteiger partial charge in [0.2, 0.25) is 0 Å². The monoisotopic (exact) mass is 337 g/mol. The van der Waals surface area contributed by atoms with Crippen LogP contribution >= 0.6 is 11.6 Å². The molecule has 0 unspecified atom stereocenters. The molecule has 2 rings (SSSR count). The van der Waals surface area contributed by atoms with Crippen LogP contribution in [0.4, 0.5) is 10.5 Å². The number of methoxy groups -OCH3 is 1. The number of nitrogens with one attached hydrogen (secondary N) is 1. The molecule has 1 fully saturated rings. The van der Waals surface area contributed by atoms with Gasteiger partial charge in [0.15, 0.2) is 6.04 Å². The number of esters is 1. The van der Waals surface area contributed by atoms with E-state index in [9.17, 15) is 14.7 Å². The Morgan fingerprint density at radius 1 is 1.52 bits per heavy atom. The molecule has 23 heavy (non-hydrogen) atoms. The molecule has 1 aromatic carbocycles. The molecule has 0 spiro atoms. The van der Waals surface area contributed by atoms with Gasteiger partial charge in [-0.1, -0.05) is 11.6 Å². The van der Waals surface area contributed by atoms with Gasteiger partial charge in [0.05, 0.1) is 23.8 Å². The molecule has 8 heteroatoms. The molecule has 0 aromatic heterocycles. The molecule has 0 aliphatic carbocycles. The minimum atomic E-state index is -1.03. The van der Waals surface area contributed by atoms with Crippen LogP contribution in [0, 0.1) is 18.3 Å². The first-order valence-electron chi connectivity index (χ1n) is 6.93. The van der Waals surface area contributed by atoms with E-state index in [2.05, 4.69) is 10.1 Å². The number of benzene rings is 1. The minimum Gasteiger partial charge on any atom is -0.467 e. The van der Waals surface area contributed by atoms with Gasteiger partial charge in [-0.15, -0.1) is 0 Å². The number of hydrogen-bond acceptors (Lipinski definition) is 5. The molecule has 0 saturated carbocycles. The Bertz CT molecular complexity index is 686. The average Bonchev–Trinajstić information content (AvgIpc) is 2.93. The fourth-order valence-electron chi connectivity index (χ4n) is 2.50. The summed E-state index contributed by atoms with van der Waals surface area (Å²) in [6.45, 7) is 1.91. The van der Waals surface area contributed by atoms with Crippen LogP contribution in [0.15, 0.2) is 12.1 Å². The van der Waals surface area contributed by atoms with E-state index in [0.717, 1.165) is 0 Å². The summed E-state index contributed by atoms with van der Waals surface area (Å²) in [6.07, 6.45) is -0.667. The summed E-state index contributed by atoms with van der Waals surface area (Å²) in [5, 5.41) is 21.7. The fraction of sp³-hybridized carbons (Fsp3) is 0.400. The van der Waals surface area contributed by atoms with Crippen molar-refractivity contribution in [3.63, 3.8) is 0 Å². The predicted octanol–water partition coefficient (Wildman–Crippen LogP) is 1.66. The van der Waals surface area contributed by atoms with E-state index >= 15 is 0 Å². The lowest BCUT2D eigenvalue weighted by molar-refractivity contribution is -0.147. The molecular formula is C15H16ClN3O4. The number of likely N-dealkylation sites (tertiary alicyclic amines) is 1. The maximum atomic E-state index is 12.4. The SMILES string of the molecule is COC(=O)[C@@H]1[C@@H](O)CCN1C(=O)Nc1ccc(C#N)c(Cl)c1C. The Morgan fingerprint density at radius 3 is 2.83 bits per heavy atom. The first-order valence-corrected chi connectivity index (χ1v) is 7.31. The summed E-state index contributed by atoms with van der Waals surface area (Å²) in [5.41, 5.74) is 1.30.